The molecule has 1 heterocycles. The largest absolute Gasteiger partial charge is 0.464 e. The maximum Gasteiger partial charge on any atom is 0.284 e. The maximum atomic E-state index is 12.0. The van der Waals surface area contributed by atoms with Crippen molar-refractivity contribution in [3.05, 3.63) is 23.7 Å². The Hall–Kier alpha value is -0.640. The Morgan fingerprint density at radius 1 is 1.37 bits per heavy atom. The van der Waals surface area contributed by atoms with E-state index >= 15 is 0 Å². The van der Waals surface area contributed by atoms with E-state index in [1.165, 1.54) is 0 Å². The standard InChI is InChI=1S/C10H16F2N2O3S2/c11-10(12)18-7-9-3-2-8(17-9)6-14-4-1-5-19(13,15)16/h2-3,10,14H,1,4-7H2,(H2,13,15,16). The van der Waals surface area contributed by atoms with Crippen LogP contribution in [-0.4, -0.2) is 26.5 Å². The Morgan fingerprint density at radius 3 is 2.68 bits per heavy atom. The summed E-state index contributed by atoms with van der Waals surface area (Å²) in [6.07, 6.45) is 0.410. The van der Waals surface area contributed by atoms with Crippen molar-refractivity contribution in [2.45, 2.75) is 24.5 Å². The SMILES string of the molecule is NS(=O)(=O)CCCNCc1ccc(CSC(F)F)o1. The summed E-state index contributed by atoms with van der Waals surface area (Å²) in [6, 6.07) is 3.35. The molecule has 0 saturated heterocycles. The second kappa shape index (κ2) is 7.83. The number of hydrogen-bond donors (Lipinski definition) is 2. The van der Waals surface area contributed by atoms with Gasteiger partial charge in [0.25, 0.3) is 5.76 Å². The zero-order chi connectivity index (χ0) is 14.3. The summed E-state index contributed by atoms with van der Waals surface area (Å²) in [7, 11) is -3.42. The molecule has 0 unspecified atom stereocenters. The van der Waals surface area contributed by atoms with E-state index in [1.54, 1.807) is 12.1 Å². The van der Waals surface area contributed by atoms with Gasteiger partial charge in [-0.3, -0.25) is 0 Å². The van der Waals surface area contributed by atoms with Gasteiger partial charge in [-0.05, 0) is 25.1 Å². The molecule has 0 bridgehead atoms. The first-order valence-electron chi connectivity index (χ1n) is 5.55. The van der Waals surface area contributed by atoms with Crippen molar-refractivity contribution in [1.29, 1.82) is 0 Å². The van der Waals surface area contributed by atoms with Crippen LogP contribution in [0.3, 0.4) is 0 Å². The fraction of sp³-hybridized carbons (Fsp3) is 0.600. The molecule has 0 aliphatic carbocycles. The van der Waals surface area contributed by atoms with E-state index in [2.05, 4.69) is 5.32 Å². The molecule has 0 saturated carbocycles. The van der Waals surface area contributed by atoms with Crippen molar-refractivity contribution < 1.29 is 21.6 Å². The van der Waals surface area contributed by atoms with Crippen molar-refractivity contribution in [1.82, 2.24) is 5.32 Å². The molecule has 0 amide bonds. The van der Waals surface area contributed by atoms with Gasteiger partial charge in [0.2, 0.25) is 10.0 Å². The average Bonchev–Trinajstić information content (AvgIpc) is 2.72. The second-order valence-corrected chi connectivity index (χ2v) is 6.55. The van der Waals surface area contributed by atoms with Crippen LogP contribution >= 0.6 is 11.8 Å². The van der Waals surface area contributed by atoms with Crippen LogP contribution in [0.2, 0.25) is 0 Å². The normalized spacial score (nSPS) is 12.2. The highest BCUT2D eigenvalue weighted by Crippen LogP contribution is 2.21. The molecule has 0 radical (unpaired) electrons. The first kappa shape index (κ1) is 16.4. The van der Waals surface area contributed by atoms with E-state index in [0.717, 1.165) is 0 Å². The minimum Gasteiger partial charge on any atom is -0.464 e. The molecule has 110 valence electrons. The summed E-state index contributed by atoms with van der Waals surface area (Å²) >= 11 is 0.504. The Kier molecular flexibility index (Phi) is 6.76. The molecule has 0 fully saturated rings. The molecule has 0 aliphatic rings. The molecule has 1 aromatic heterocycles. The quantitative estimate of drug-likeness (QED) is 0.675. The number of alkyl halides is 2. The van der Waals surface area contributed by atoms with Crippen LogP contribution in [0.5, 0.6) is 0 Å². The van der Waals surface area contributed by atoms with Gasteiger partial charge in [0.15, 0.2) is 0 Å². The fourth-order valence-corrected chi connectivity index (χ4v) is 2.34. The van der Waals surface area contributed by atoms with Crippen LogP contribution < -0.4 is 10.5 Å². The minimum atomic E-state index is -3.42. The zero-order valence-electron chi connectivity index (χ0n) is 10.1. The van der Waals surface area contributed by atoms with Crippen molar-refractivity contribution >= 4 is 21.8 Å². The molecular formula is C10H16F2N2O3S2. The number of nitrogens with one attached hydrogen (secondary N) is 1. The molecular weight excluding hydrogens is 298 g/mol. The second-order valence-electron chi connectivity index (χ2n) is 3.84. The van der Waals surface area contributed by atoms with Gasteiger partial charge in [-0.1, -0.05) is 11.8 Å². The van der Waals surface area contributed by atoms with Crippen LogP contribution in [0, 0.1) is 0 Å². The molecule has 0 atom stereocenters. The van der Waals surface area contributed by atoms with Gasteiger partial charge in [0, 0.05) is 0 Å². The number of nitrogens with two attached hydrogens (primary N) is 1. The van der Waals surface area contributed by atoms with Crippen LogP contribution in [-0.2, 0) is 22.3 Å². The Morgan fingerprint density at radius 2 is 2.05 bits per heavy atom. The molecule has 1 aromatic rings. The number of halogens is 2. The first-order chi connectivity index (χ1) is 8.87. The van der Waals surface area contributed by atoms with Gasteiger partial charge in [0.1, 0.15) is 11.5 Å². The molecule has 0 spiro atoms. The summed E-state index contributed by atoms with van der Waals surface area (Å²) in [5, 5.41) is 7.84. The Bertz CT molecular complexity index is 477. The number of furan rings is 1. The molecule has 9 heteroatoms. The number of thioether (sulfide) groups is 1. The van der Waals surface area contributed by atoms with Gasteiger partial charge < -0.3 is 9.73 Å². The third-order valence-electron chi connectivity index (χ3n) is 2.15. The number of primary sulfonamides is 1. The van der Waals surface area contributed by atoms with Crippen molar-refractivity contribution in [3.8, 4) is 0 Å². The van der Waals surface area contributed by atoms with E-state index in [1.807, 2.05) is 0 Å². The fourth-order valence-electron chi connectivity index (χ4n) is 1.35. The summed E-state index contributed by atoms with van der Waals surface area (Å²) in [6.45, 7) is 0.905. The summed E-state index contributed by atoms with van der Waals surface area (Å²) < 4.78 is 50.6. The van der Waals surface area contributed by atoms with E-state index in [-0.39, 0.29) is 11.5 Å². The molecule has 5 nitrogen and oxygen atoms in total. The smallest absolute Gasteiger partial charge is 0.284 e. The Labute approximate surface area is 115 Å². The molecule has 3 N–H and O–H groups in total. The lowest BCUT2D eigenvalue weighted by atomic mass is 10.4. The van der Waals surface area contributed by atoms with E-state index in [9.17, 15) is 17.2 Å². The minimum absolute atomic E-state index is 0.0750. The first-order valence-corrected chi connectivity index (χ1v) is 8.32. The van der Waals surface area contributed by atoms with Crippen LogP contribution in [0.1, 0.15) is 17.9 Å². The predicted molar refractivity (Wildman–Crippen MR) is 70.3 cm³/mol. The third-order valence-corrected chi connectivity index (χ3v) is 3.71. The molecule has 1 rings (SSSR count). The monoisotopic (exact) mass is 314 g/mol. The Balaban J connectivity index is 2.19. The van der Waals surface area contributed by atoms with E-state index in [4.69, 9.17) is 9.56 Å². The summed E-state index contributed by atoms with van der Waals surface area (Å²) in [4.78, 5) is 0. The van der Waals surface area contributed by atoms with Gasteiger partial charge in [-0.2, -0.15) is 8.78 Å². The van der Waals surface area contributed by atoms with Crippen LogP contribution in [0.15, 0.2) is 16.5 Å². The average molecular weight is 314 g/mol. The lowest BCUT2D eigenvalue weighted by molar-refractivity contribution is 0.251. The van der Waals surface area contributed by atoms with Gasteiger partial charge in [-0.15, -0.1) is 0 Å². The molecule has 0 aromatic carbocycles. The van der Waals surface area contributed by atoms with E-state index < -0.39 is 15.8 Å². The zero-order valence-corrected chi connectivity index (χ0v) is 11.8. The number of rotatable bonds is 9. The highest BCUT2D eigenvalue weighted by molar-refractivity contribution is 7.98. The number of hydrogen-bond acceptors (Lipinski definition) is 5. The molecule has 19 heavy (non-hydrogen) atoms. The lowest BCUT2D eigenvalue weighted by Crippen LogP contribution is -2.21. The van der Waals surface area contributed by atoms with Crippen LogP contribution in [0.4, 0.5) is 8.78 Å². The van der Waals surface area contributed by atoms with E-state index in [0.29, 0.717) is 42.8 Å². The topological polar surface area (TPSA) is 85.3 Å². The van der Waals surface area contributed by atoms with Crippen molar-refractivity contribution in [3.63, 3.8) is 0 Å². The number of sulfonamides is 1. The predicted octanol–water partition coefficient (Wildman–Crippen LogP) is 1.50. The van der Waals surface area contributed by atoms with Gasteiger partial charge in [-0.25, -0.2) is 13.6 Å². The van der Waals surface area contributed by atoms with Gasteiger partial charge in [0.05, 0.1) is 18.1 Å². The summed E-state index contributed by atoms with van der Waals surface area (Å²) in [5.41, 5.74) is 0. The van der Waals surface area contributed by atoms with Crippen molar-refractivity contribution in [2.24, 2.45) is 5.14 Å². The lowest BCUT2D eigenvalue weighted by Gasteiger charge is -2.02. The molecule has 0 aliphatic heterocycles. The third kappa shape index (κ3) is 8.19. The highest BCUT2D eigenvalue weighted by Gasteiger charge is 2.07. The summed E-state index contributed by atoms with van der Waals surface area (Å²) in [5.74, 6) is -1.24. The highest BCUT2D eigenvalue weighted by atomic mass is 32.2. The van der Waals surface area contributed by atoms with Gasteiger partial charge >= 0.3 is 0 Å². The van der Waals surface area contributed by atoms with Crippen molar-refractivity contribution in [2.75, 3.05) is 12.3 Å². The van der Waals surface area contributed by atoms with Crippen LogP contribution in [0.25, 0.3) is 0 Å². The maximum absolute atomic E-state index is 12.0.